The Kier molecular flexibility index (Phi) is 6.87. The van der Waals surface area contributed by atoms with Gasteiger partial charge in [0.2, 0.25) is 0 Å². The van der Waals surface area contributed by atoms with Crippen molar-refractivity contribution >= 4 is 5.78 Å². The van der Waals surface area contributed by atoms with Gasteiger partial charge in [0.15, 0.2) is 5.78 Å². The molecule has 0 aromatic rings. The van der Waals surface area contributed by atoms with Crippen LogP contribution in [0.4, 0.5) is 0 Å². The molecular formula is C15H24O. The van der Waals surface area contributed by atoms with Gasteiger partial charge in [-0.2, -0.15) is 0 Å². The van der Waals surface area contributed by atoms with E-state index in [1.165, 1.54) is 38.5 Å². The van der Waals surface area contributed by atoms with Crippen molar-refractivity contribution in [1.29, 1.82) is 0 Å². The van der Waals surface area contributed by atoms with E-state index in [1.807, 2.05) is 12.2 Å². The van der Waals surface area contributed by atoms with Gasteiger partial charge in [0.25, 0.3) is 0 Å². The lowest BCUT2D eigenvalue weighted by molar-refractivity contribution is -0.115. The topological polar surface area (TPSA) is 17.1 Å². The van der Waals surface area contributed by atoms with Crippen LogP contribution in [0.3, 0.4) is 0 Å². The lowest BCUT2D eigenvalue weighted by Gasteiger charge is -2.01. The van der Waals surface area contributed by atoms with E-state index in [4.69, 9.17) is 0 Å². The Bertz CT molecular complexity index is 261. The molecule has 0 radical (unpaired) electrons. The van der Waals surface area contributed by atoms with Crippen LogP contribution >= 0.6 is 0 Å². The summed E-state index contributed by atoms with van der Waals surface area (Å²) in [4.78, 5) is 11.7. The van der Waals surface area contributed by atoms with E-state index in [2.05, 4.69) is 13.0 Å². The highest BCUT2D eigenvalue weighted by molar-refractivity contribution is 5.98. The van der Waals surface area contributed by atoms with Crippen LogP contribution in [0.1, 0.15) is 64.7 Å². The van der Waals surface area contributed by atoms with Crippen LogP contribution in [-0.4, -0.2) is 5.78 Å². The average molecular weight is 220 g/mol. The summed E-state index contributed by atoms with van der Waals surface area (Å²) in [6.45, 7) is 2.24. The number of carbonyl (C=O) groups is 1. The largest absolute Gasteiger partial charge is 0.294 e. The third-order valence-corrected chi connectivity index (χ3v) is 3.10. The SMILES string of the molecule is CCCCCCCCCC(=O)C1=CCC=C1. The monoisotopic (exact) mass is 220 g/mol. The van der Waals surface area contributed by atoms with Gasteiger partial charge in [0.05, 0.1) is 0 Å². The summed E-state index contributed by atoms with van der Waals surface area (Å²) in [5, 5.41) is 0. The van der Waals surface area contributed by atoms with Crippen molar-refractivity contribution in [2.75, 3.05) is 0 Å². The van der Waals surface area contributed by atoms with Crippen molar-refractivity contribution in [1.82, 2.24) is 0 Å². The predicted octanol–water partition coefficient (Wildman–Crippen LogP) is 4.58. The van der Waals surface area contributed by atoms with Crippen molar-refractivity contribution in [2.24, 2.45) is 0 Å². The van der Waals surface area contributed by atoms with Gasteiger partial charge in [0, 0.05) is 12.0 Å². The number of rotatable bonds is 9. The number of ketones is 1. The van der Waals surface area contributed by atoms with Crippen molar-refractivity contribution in [3.8, 4) is 0 Å². The highest BCUT2D eigenvalue weighted by Crippen LogP contribution is 2.14. The van der Waals surface area contributed by atoms with Gasteiger partial charge in [-0.05, 0) is 12.8 Å². The maximum absolute atomic E-state index is 11.7. The van der Waals surface area contributed by atoms with E-state index < -0.39 is 0 Å². The van der Waals surface area contributed by atoms with Crippen LogP contribution < -0.4 is 0 Å². The molecule has 1 nitrogen and oxygen atoms in total. The number of carbonyl (C=O) groups excluding carboxylic acids is 1. The second kappa shape index (κ2) is 8.32. The Hall–Kier alpha value is -0.850. The molecule has 16 heavy (non-hydrogen) atoms. The highest BCUT2D eigenvalue weighted by atomic mass is 16.1. The van der Waals surface area contributed by atoms with E-state index in [0.717, 1.165) is 24.8 Å². The van der Waals surface area contributed by atoms with E-state index >= 15 is 0 Å². The highest BCUT2D eigenvalue weighted by Gasteiger charge is 2.07. The zero-order chi connectivity index (χ0) is 11.6. The first-order chi connectivity index (χ1) is 7.84. The van der Waals surface area contributed by atoms with E-state index in [1.54, 1.807) is 0 Å². The summed E-state index contributed by atoms with van der Waals surface area (Å²) < 4.78 is 0. The molecule has 0 N–H and O–H groups in total. The molecule has 0 amide bonds. The summed E-state index contributed by atoms with van der Waals surface area (Å²) in [7, 11) is 0. The first kappa shape index (κ1) is 13.2. The van der Waals surface area contributed by atoms with Crippen molar-refractivity contribution in [3.05, 3.63) is 23.8 Å². The fraction of sp³-hybridized carbons (Fsp3) is 0.667. The van der Waals surface area contributed by atoms with Gasteiger partial charge in [-0.3, -0.25) is 4.79 Å². The third-order valence-electron chi connectivity index (χ3n) is 3.10. The van der Waals surface area contributed by atoms with Gasteiger partial charge >= 0.3 is 0 Å². The van der Waals surface area contributed by atoms with Crippen LogP contribution in [-0.2, 0) is 4.79 Å². The molecule has 0 atom stereocenters. The fourth-order valence-electron chi connectivity index (χ4n) is 2.05. The maximum atomic E-state index is 11.7. The van der Waals surface area contributed by atoms with Crippen LogP contribution in [0, 0.1) is 0 Å². The Morgan fingerprint density at radius 1 is 1.12 bits per heavy atom. The first-order valence-corrected chi connectivity index (χ1v) is 6.74. The van der Waals surface area contributed by atoms with Crippen LogP contribution in [0.15, 0.2) is 23.8 Å². The summed E-state index contributed by atoms with van der Waals surface area (Å²) >= 11 is 0. The van der Waals surface area contributed by atoms with E-state index in [9.17, 15) is 4.79 Å². The first-order valence-electron chi connectivity index (χ1n) is 6.74. The summed E-state index contributed by atoms with van der Waals surface area (Å²) in [5.74, 6) is 0.335. The second-order valence-corrected chi connectivity index (χ2v) is 4.59. The summed E-state index contributed by atoms with van der Waals surface area (Å²) in [6.07, 6.45) is 16.7. The molecule has 0 unspecified atom stereocenters. The smallest absolute Gasteiger partial charge is 0.162 e. The molecule has 0 aromatic heterocycles. The minimum atomic E-state index is 0.335. The molecule has 0 bridgehead atoms. The lowest BCUT2D eigenvalue weighted by atomic mass is 10.0. The Morgan fingerprint density at radius 3 is 2.44 bits per heavy atom. The molecular weight excluding hydrogens is 196 g/mol. The predicted molar refractivity (Wildman–Crippen MR) is 69.5 cm³/mol. The van der Waals surface area contributed by atoms with Crippen molar-refractivity contribution < 1.29 is 4.79 Å². The molecule has 0 spiro atoms. The molecule has 1 rings (SSSR count). The molecule has 1 aliphatic carbocycles. The molecule has 1 heteroatoms. The fourth-order valence-corrected chi connectivity index (χ4v) is 2.05. The number of allylic oxidation sites excluding steroid dienone is 4. The summed E-state index contributed by atoms with van der Waals surface area (Å²) in [6, 6.07) is 0. The van der Waals surface area contributed by atoms with Gasteiger partial charge in [-0.15, -0.1) is 0 Å². The normalized spacial score (nSPS) is 14.2. The number of Topliss-reactive ketones (excluding diaryl/α,β-unsaturated/α-hetero) is 1. The van der Waals surface area contributed by atoms with Crippen LogP contribution in [0.25, 0.3) is 0 Å². The minimum Gasteiger partial charge on any atom is -0.294 e. The number of unbranched alkanes of at least 4 members (excludes halogenated alkanes) is 6. The molecule has 0 aromatic carbocycles. The molecule has 0 heterocycles. The average Bonchev–Trinajstić information content (AvgIpc) is 2.81. The Labute approximate surface area is 99.6 Å². The molecule has 0 saturated carbocycles. The van der Waals surface area contributed by atoms with Crippen LogP contribution in [0.5, 0.6) is 0 Å². The lowest BCUT2D eigenvalue weighted by Crippen LogP contribution is -1.98. The molecule has 0 fully saturated rings. The van der Waals surface area contributed by atoms with E-state index in [0.29, 0.717) is 5.78 Å². The Morgan fingerprint density at radius 2 is 1.81 bits per heavy atom. The molecule has 90 valence electrons. The standard InChI is InChI=1S/C15H24O/c1-2-3-4-5-6-7-8-13-15(16)14-11-9-10-12-14/h9,11-12H,2-8,10,13H2,1H3. The van der Waals surface area contributed by atoms with Gasteiger partial charge in [-0.1, -0.05) is 63.7 Å². The third kappa shape index (κ3) is 5.29. The summed E-state index contributed by atoms with van der Waals surface area (Å²) in [5.41, 5.74) is 0.936. The quantitative estimate of drug-likeness (QED) is 0.520. The maximum Gasteiger partial charge on any atom is 0.162 e. The van der Waals surface area contributed by atoms with Gasteiger partial charge < -0.3 is 0 Å². The van der Waals surface area contributed by atoms with Gasteiger partial charge in [-0.25, -0.2) is 0 Å². The second-order valence-electron chi connectivity index (χ2n) is 4.59. The molecule has 0 aliphatic heterocycles. The molecule has 0 saturated heterocycles. The van der Waals surface area contributed by atoms with Crippen molar-refractivity contribution in [2.45, 2.75) is 64.7 Å². The zero-order valence-electron chi connectivity index (χ0n) is 10.5. The van der Waals surface area contributed by atoms with Crippen LogP contribution in [0.2, 0.25) is 0 Å². The number of hydrogen-bond acceptors (Lipinski definition) is 1. The minimum absolute atomic E-state index is 0.335. The van der Waals surface area contributed by atoms with Crippen molar-refractivity contribution in [3.63, 3.8) is 0 Å². The Balaban J connectivity index is 1.95. The number of hydrogen-bond donors (Lipinski definition) is 0. The zero-order valence-corrected chi connectivity index (χ0v) is 10.5. The van der Waals surface area contributed by atoms with E-state index in [-0.39, 0.29) is 0 Å². The van der Waals surface area contributed by atoms with Gasteiger partial charge in [0.1, 0.15) is 0 Å². The molecule has 1 aliphatic rings.